The Morgan fingerprint density at radius 2 is 2.05 bits per heavy atom. The van der Waals surface area contributed by atoms with Crippen molar-refractivity contribution < 1.29 is 4.74 Å². The minimum atomic E-state index is 0.400. The molecule has 3 rings (SSSR count). The summed E-state index contributed by atoms with van der Waals surface area (Å²) >= 11 is 1.79. The summed E-state index contributed by atoms with van der Waals surface area (Å²) in [6, 6.07) is 2.27. The maximum Gasteiger partial charge on any atom is 0.140 e. The summed E-state index contributed by atoms with van der Waals surface area (Å²) in [4.78, 5) is 13.8. The van der Waals surface area contributed by atoms with Crippen molar-refractivity contribution in [3.05, 3.63) is 17.3 Å². The molecule has 5 heteroatoms. The van der Waals surface area contributed by atoms with Gasteiger partial charge in [0.2, 0.25) is 0 Å². The molecular weight excluding hydrogens is 270 g/mol. The summed E-state index contributed by atoms with van der Waals surface area (Å²) < 4.78 is 5.44. The van der Waals surface area contributed by atoms with Crippen molar-refractivity contribution in [1.82, 2.24) is 9.97 Å². The van der Waals surface area contributed by atoms with E-state index in [0.717, 1.165) is 36.6 Å². The van der Waals surface area contributed by atoms with Crippen LogP contribution in [-0.2, 0) is 4.74 Å². The van der Waals surface area contributed by atoms with Crippen LogP contribution in [0.5, 0.6) is 0 Å². The molecule has 1 aliphatic rings. The predicted molar refractivity (Wildman–Crippen MR) is 83.7 cm³/mol. The molecule has 2 aromatic rings. The smallest absolute Gasteiger partial charge is 0.140 e. The van der Waals surface area contributed by atoms with Gasteiger partial charge in [-0.05, 0) is 24.8 Å². The molecule has 1 saturated heterocycles. The number of fused-ring (bicyclic) bond motifs is 1. The third-order valence-corrected chi connectivity index (χ3v) is 5.31. The van der Waals surface area contributed by atoms with Crippen LogP contribution in [0.2, 0.25) is 0 Å². The minimum Gasteiger partial charge on any atom is -0.381 e. The molecule has 0 aromatic carbocycles. The summed E-state index contributed by atoms with van der Waals surface area (Å²) in [6.45, 7) is 6.47. The second-order valence-electron chi connectivity index (χ2n) is 5.64. The largest absolute Gasteiger partial charge is 0.381 e. The van der Waals surface area contributed by atoms with Gasteiger partial charge in [0.05, 0.1) is 11.5 Å². The Kier molecular flexibility index (Phi) is 3.89. The van der Waals surface area contributed by atoms with Gasteiger partial charge in [-0.1, -0.05) is 13.8 Å². The molecule has 0 unspecified atom stereocenters. The highest BCUT2D eigenvalue weighted by molar-refractivity contribution is 7.18. The summed E-state index contributed by atoms with van der Waals surface area (Å²) in [5, 5.41) is 1.21. The van der Waals surface area contributed by atoms with Crippen LogP contribution < -0.4 is 4.90 Å². The van der Waals surface area contributed by atoms with Crippen LogP contribution in [0.25, 0.3) is 10.2 Å². The summed E-state index contributed by atoms with van der Waals surface area (Å²) in [6.07, 6.45) is 4.24. The van der Waals surface area contributed by atoms with E-state index < -0.39 is 0 Å². The first-order valence-electron chi connectivity index (χ1n) is 7.21. The fourth-order valence-electron chi connectivity index (χ4n) is 2.70. The Morgan fingerprint density at radius 1 is 1.30 bits per heavy atom. The molecule has 0 radical (unpaired) electrons. The van der Waals surface area contributed by atoms with Crippen molar-refractivity contribution in [3.8, 4) is 0 Å². The number of thiophene rings is 1. The van der Waals surface area contributed by atoms with E-state index in [0.29, 0.717) is 12.0 Å². The lowest BCUT2D eigenvalue weighted by Crippen LogP contribution is -2.37. The van der Waals surface area contributed by atoms with E-state index in [1.807, 2.05) is 0 Å². The van der Waals surface area contributed by atoms with Crippen LogP contribution in [0, 0.1) is 0 Å². The Morgan fingerprint density at radius 3 is 2.70 bits per heavy atom. The summed E-state index contributed by atoms with van der Waals surface area (Å²) in [5.41, 5.74) is 0. The zero-order valence-corrected chi connectivity index (χ0v) is 13.1. The number of hydrogen-bond donors (Lipinski definition) is 0. The molecule has 0 saturated carbocycles. The van der Waals surface area contributed by atoms with Crippen molar-refractivity contribution in [2.75, 3.05) is 25.1 Å². The van der Waals surface area contributed by atoms with E-state index in [1.54, 1.807) is 24.8 Å². The third-order valence-electron chi connectivity index (χ3n) is 3.97. The van der Waals surface area contributed by atoms with Crippen molar-refractivity contribution >= 4 is 27.4 Å². The fraction of sp³-hybridized carbons (Fsp3) is 0.600. The van der Waals surface area contributed by atoms with Crippen molar-refractivity contribution in [1.29, 1.82) is 0 Å². The maximum atomic E-state index is 5.44. The van der Waals surface area contributed by atoms with Gasteiger partial charge in [-0.25, -0.2) is 9.97 Å². The van der Waals surface area contributed by atoms with Gasteiger partial charge < -0.3 is 9.64 Å². The average molecular weight is 291 g/mol. The lowest BCUT2D eigenvalue weighted by Gasteiger charge is -2.32. The lowest BCUT2D eigenvalue weighted by atomic mass is 10.1. The highest BCUT2D eigenvalue weighted by Gasteiger charge is 2.22. The monoisotopic (exact) mass is 291 g/mol. The van der Waals surface area contributed by atoms with Crippen molar-refractivity contribution in [3.63, 3.8) is 0 Å². The topological polar surface area (TPSA) is 38.2 Å². The number of rotatable bonds is 3. The first kappa shape index (κ1) is 13.8. The third kappa shape index (κ3) is 2.52. The van der Waals surface area contributed by atoms with E-state index in [-0.39, 0.29) is 0 Å². The van der Waals surface area contributed by atoms with Gasteiger partial charge in [0.15, 0.2) is 0 Å². The summed E-state index contributed by atoms with van der Waals surface area (Å²) in [5.74, 6) is 1.63. The fourth-order valence-corrected chi connectivity index (χ4v) is 3.70. The number of anilines is 1. The number of methoxy groups -OCH3 is 1. The second kappa shape index (κ2) is 5.66. The van der Waals surface area contributed by atoms with E-state index in [4.69, 9.17) is 4.74 Å². The second-order valence-corrected chi connectivity index (χ2v) is 6.70. The Hall–Kier alpha value is -1.20. The first-order valence-corrected chi connectivity index (χ1v) is 8.03. The van der Waals surface area contributed by atoms with E-state index in [9.17, 15) is 0 Å². The number of nitrogens with zero attached hydrogens (tertiary/aromatic N) is 3. The van der Waals surface area contributed by atoms with Gasteiger partial charge in [-0.15, -0.1) is 11.3 Å². The number of ether oxygens (including phenoxy) is 1. The van der Waals surface area contributed by atoms with E-state index >= 15 is 0 Å². The van der Waals surface area contributed by atoms with Crippen molar-refractivity contribution in [2.45, 2.75) is 38.7 Å². The van der Waals surface area contributed by atoms with Gasteiger partial charge in [0.1, 0.15) is 17.0 Å². The van der Waals surface area contributed by atoms with Gasteiger partial charge >= 0.3 is 0 Å². The molecule has 0 amide bonds. The quantitative estimate of drug-likeness (QED) is 0.868. The van der Waals surface area contributed by atoms with E-state index in [1.165, 1.54) is 10.3 Å². The van der Waals surface area contributed by atoms with E-state index in [2.05, 4.69) is 34.8 Å². The van der Waals surface area contributed by atoms with Gasteiger partial charge in [0, 0.05) is 25.1 Å². The van der Waals surface area contributed by atoms with Crippen LogP contribution in [0.4, 0.5) is 5.82 Å². The number of piperidine rings is 1. The molecule has 0 spiro atoms. The molecule has 1 fully saturated rings. The van der Waals surface area contributed by atoms with Gasteiger partial charge in [-0.2, -0.15) is 0 Å². The maximum absolute atomic E-state index is 5.44. The molecule has 1 aliphatic heterocycles. The number of hydrogen-bond acceptors (Lipinski definition) is 5. The van der Waals surface area contributed by atoms with Gasteiger partial charge in [-0.3, -0.25) is 0 Å². The molecule has 3 heterocycles. The molecule has 108 valence electrons. The van der Waals surface area contributed by atoms with Crippen molar-refractivity contribution in [2.24, 2.45) is 0 Å². The Bertz CT molecular complexity index is 588. The molecular formula is C15H21N3OS. The van der Waals surface area contributed by atoms with Crippen LogP contribution in [0.15, 0.2) is 12.4 Å². The minimum absolute atomic E-state index is 0.400. The van der Waals surface area contributed by atoms with Crippen LogP contribution in [0.1, 0.15) is 37.5 Å². The molecule has 0 atom stereocenters. The van der Waals surface area contributed by atoms with Crippen LogP contribution in [0.3, 0.4) is 0 Å². The zero-order chi connectivity index (χ0) is 14.1. The highest BCUT2D eigenvalue weighted by atomic mass is 32.1. The standard InChI is InChI=1S/C15H21N3OS/c1-10(2)13-8-12-14(16-9-17-15(12)20-13)18-6-4-11(19-3)5-7-18/h8-11H,4-7H2,1-3H3. The molecule has 0 bridgehead atoms. The SMILES string of the molecule is COC1CCN(c2ncnc3sc(C(C)C)cc23)CC1. The Balaban J connectivity index is 1.91. The molecule has 0 aliphatic carbocycles. The van der Waals surface area contributed by atoms with Gasteiger partial charge in [0.25, 0.3) is 0 Å². The number of aromatic nitrogens is 2. The molecule has 20 heavy (non-hydrogen) atoms. The summed E-state index contributed by atoms with van der Waals surface area (Å²) in [7, 11) is 1.80. The van der Waals surface area contributed by atoms with Crippen LogP contribution >= 0.6 is 11.3 Å². The molecule has 0 N–H and O–H groups in total. The normalized spacial score (nSPS) is 17.3. The molecule has 2 aromatic heterocycles. The Labute approximate surface area is 123 Å². The molecule has 4 nitrogen and oxygen atoms in total. The predicted octanol–water partition coefficient (Wildman–Crippen LogP) is 3.43. The average Bonchev–Trinajstić information content (AvgIpc) is 2.91. The first-order chi connectivity index (χ1) is 9.69. The lowest BCUT2D eigenvalue weighted by molar-refractivity contribution is 0.0818. The zero-order valence-electron chi connectivity index (χ0n) is 12.3. The van der Waals surface area contributed by atoms with Crippen LogP contribution in [-0.4, -0.2) is 36.3 Å². The highest BCUT2D eigenvalue weighted by Crippen LogP contribution is 2.34.